The summed E-state index contributed by atoms with van der Waals surface area (Å²) in [7, 11) is 0. The van der Waals surface area contributed by atoms with Crippen LogP contribution in [0, 0.1) is 23.7 Å². The van der Waals surface area contributed by atoms with E-state index in [4.69, 9.17) is 4.74 Å². The van der Waals surface area contributed by atoms with Crippen molar-refractivity contribution in [2.24, 2.45) is 23.7 Å². The van der Waals surface area contributed by atoms with Gasteiger partial charge < -0.3 is 10.1 Å². The highest BCUT2D eigenvalue weighted by Crippen LogP contribution is 2.52. The molecule has 1 saturated heterocycles. The number of nitrogens with one attached hydrogen (secondary N) is 1. The molecular formula is C15H25NO. The Morgan fingerprint density at radius 2 is 1.94 bits per heavy atom. The van der Waals surface area contributed by atoms with Crippen LogP contribution in [0.2, 0.25) is 0 Å². The smallest absolute Gasteiger partial charge is 0.0759 e. The van der Waals surface area contributed by atoms with E-state index >= 15 is 0 Å². The SMILES string of the molecule is C1CCC(CCOC2C3CC4CNC2C4C3)C1. The van der Waals surface area contributed by atoms with Gasteiger partial charge >= 0.3 is 0 Å². The summed E-state index contributed by atoms with van der Waals surface area (Å²) in [5.74, 6) is 3.85. The summed E-state index contributed by atoms with van der Waals surface area (Å²) >= 11 is 0. The molecule has 4 aliphatic rings. The lowest BCUT2D eigenvalue weighted by molar-refractivity contribution is -0.00309. The van der Waals surface area contributed by atoms with E-state index in [1.165, 1.54) is 51.5 Å². The van der Waals surface area contributed by atoms with E-state index in [2.05, 4.69) is 5.32 Å². The Bertz CT molecular complexity index is 285. The molecule has 0 aromatic carbocycles. The largest absolute Gasteiger partial charge is 0.376 e. The average Bonchev–Trinajstić information content (AvgIpc) is 3.02. The Hall–Kier alpha value is -0.0800. The number of rotatable bonds is 4. The zero-order chi connectivity index (χ0) is 11.2. The van der Waals surface area contributed by atoms with E-state index < -0.39 is 0 Å². The van der Waals surface area contributed by atoms with Crippen molar-refractivity contribution in [2.75, 3.05) is 13.2 Å². The van der Waals surface area contributed by atoms with E-state index in [1.807, 2.05) is 0 Å². The maximum absolute atomic E-state index is 6.27. The first-order valence-corrected chi connectivity index (χ1v) is 7.77. The zero-order valence-corrected chi connectivity index (χ0v) is 10.7. The Kier molecular flexibility index (Phi) is 2.69. The van der Waals surface area contributed by atoms with Crippen LogP contribution in [0.5, 0.6) is 0 Å². The third-order valence-corrected chi connectivity index (χ3v) is 5.99. The molecule has 3 saturated carbocycles. The van der Waals surface area contributed by atoms with Gasteiger partial charge in [-0.2, -0.15) is 0 Å². The quantitative estimate of drug-likeness (QED) is 0.808. The minimum absolute atomic E-state index is 0.570. The van der Waals surface area contributed by atoms with Crippen LogP contribution < -0.4 is 5.32 Å². The lowest BCUT2D eigenvalue weighted by Crippen LogP contribution is -2.39. The summed E-state index contributed by atoms with van der Waals surface area (Å²) in [6.45, 7) is 2.30. The summed E-state index contributed by atoms with van der Waals surface area (Å²) in [4.78, 5) is 0. The Balaban J connectivity index is 1.29. The lowest BCUT2D eigenvalue weighted by atomic mass is 9.88. The molecule has 5 unspecified atom stereocenters. The number of ether oxygens (including phenoxy) is 1. The highest BCUT2D eigenvalue weighted by molar-refractivity contribution is 5.10. The number of hydrogen-bond acceptors (Lipinski definition) is 2. The van der Waals surface area contributed by atoms with Gasteiger partial charge in [-0.15, -0.1) is 0 Å². The molecule has 0 amide bonds. The molecule has 0 radical (unpaired) electrons. The summed E-state index contributed by atoms with van der Waals surface area (Å²) in [6, 6.07) is 0.724. The number of fused-ring (bicyclic) bond motifs is 1. The first-order chi connectivity index (χ1) is 8.42. The third kappa shape index (κ3) is 1.76. The molecular weight excluding hydrogens is 210 g/mol. The van der Waals surface area contributed by atoms with E-state index in [9.17, 15) is 0 Å². The topological polar surface area (TPSA) is 21.3 Å². The molecule has 17 heavy (non-hydrogen) atoms. The van der Waals surface area contributed by atoms with Crippen molar-refractivity contribution in [1.82, 2.24) is 5.32 Å². The molecule has 2 bridgehead atoms. The van der Waals surface area contributed by atoms with Gasteiger partial charge in [0.1, 0.15) is 0 Å². The molecule has 1 N–H and O–H groups in total. The fourth-order valence-corrected chi connectivity index (χ4v) is 5.15. The van der Waals surface area contributed by atoms with Gasteiger partial charge in [-0.1, -0.05) is 25.7 Å². The van der Waals surface area contributed by atoms with Crippen LogP contribution >= 0.6 is 0 Å². The summed E-state index contributed by atoms with van der Waals surface area (Å²) < 4.78 is 6.27. The van der Waals surface area contributed by atoms with Crippen molar-refractivity contribution >= 4 is 0 Å². The molecule has 4 fully saturated rings. The second-order valence-electron chi connectivity index (χ2n) is 6.86. The van der Waals surface area contributed by atoms with Crippen molar-refractivity contribution in [3.63, 3.8) is 0 Å². The van der Waals surface area contributed by atoms with Crippen LogP contribution in [-0.4, -0.2) is 25.3 Å². The van der Waals surface area contributed by atoms with Crippen LogP contribution in [0.15, 0.2) is 0 Å². The van der Waals surface area contributed by atoms with Gasteiger partial charge in [-0.3, -0.25) is 0 Å². The molecule has 1 heterocycles. The standard InChI is InChI=1S/C15H25NO/c1-2-4-10(3-1)5-6-17-15-11-7-12-9-16-14(15)13(12)8-11/h10-16H,1-9H2. The molecule has 5 atom stereocenters. The highest BCUT2D eigenvalue weighted by Gasteiger charge is 2.56. The maximum atomic E-state index is 6.27. The van der Waals surface area contributed by atoms with E-state index in [1.54, 1.807) is 0 Å². The molecule has 0 aromatic heterocycles. The minimum atomic E-state index is 0.570. The van der Waals surface area contributed by atoms with Crippen molar-refractivity contribution in [1.29, 1.82) is 0 Å². The van der Waals surface area contributed by atoms with Crippen LogP contribution in [-0.2, 0) is 4.74 Å². The van der Waals surface area contributed by atoms with Crippen LogP contribution in [0.25, 0.3) is 0 Å². The average molecular weight is 235 g/mol. The zero-order valence-electron chi connectivity index (χ0n) is 10.7. The highest BCUT2D eigenvalue weighted by atomic mass is 16.5. The van der Waals surface area contributed by atoms with Gasteiger partial charge in [0, 0.05) is 12.6 Å². The molecule has 96 valence electrons. The first kappa shape index (κ1) is 10.8. The van der Waals surface area contributed by atoms with Crippen LogP contribution in [0.1, 0.15) is 44.9 Å². The van der Waals surface area contributed by atoms with Crippen molar-refractivity contribution in [3.8, 4) is 0 Å². The molecule has 1 aliphatic heterocycles. The van der Waals surface area contributed by atoms with Crippen molar-refractivity contribution in [3.05, 3.63) is 0 Å². The lowest BCUT2D eigenvalue weighted by Gasteiger charge is -2.28. The summed E-state index contributed by atoms with van der Waals surface area (Å²) in [5, 5.41) is 3.71. The maximum Gasteiger partial charge on any atom is 0.0759 e. The monoisotopic (exact) mass is 235 g/mol. The van der Waals surface area contributed by atoms with Gasteiger partial charge in [0.2, 0.25) is 0 Å². The predicted octanol–water partition coefficient (Wildman–Crippen LogP) is 2.58. The fraction of sp³-hybridized carbons (Fsp3) is 1.00. The van der Waals surface area contributed by atoms with Gasteiger partial charge in [0.15, 0.2) is 0 Å². The number of hydrogen-bond donors (Lipinski definition) is 1. The van der Waals surface area contributed by atoms with Gasteiger partial charge in [-0.05, 0) is 49.5 Å². The van der Waals surface area contributed by atoms with Crippen molar-refractivity contribution < 1.29 is 4.74 Å². The van der Waals surface area contributed by atoms with Crippen LogP contribution in [0.4, 0.5) is 0 Å². The minimum Gasteiger partial charge on any atom is -0.376 e. The predicted molar refractivity (Wildman–Crippen MR) is 67.8 cm³/mol. The normalized spacial score (nSPS) is 48.4. The molecule has 3 aliphatic carbocycles. The van der Waals surface area contributed by atoms with E-state index in [0.717, 1.165) is 36.3 Å². The second kappa shape index (κ2) is 4.24. The summed E-state index contributed by atoms with van der Waals surface area (Å²) in [5.41, 5.74) is 0. The van der Waals surface area contributed by atoms with Gasteiger partial charge in [-0.25, -0.2) is 0 Å². The fourth-order valence-electron chi connectivity index (χ4n) is 5.15. The molecule has 0 aromatic rings. The third-order valence-electron chi connectivity index (χ3n) is 5.99. The van der Waals surface area contributed by atoms with Gasteiger partial charge in [0.25, 0.3) is 0 Å². The first-order valence-electron chi connectivity index (χ1n) is 7.77. The summed E-state index contributed by atoms with van der Waals surface area (Å²) in [6.07, 6.45) is 10.6. The second-order valence-corrected chi connectivity index (χ2v) is 6.86. The van der Waals surface area contributed by atoms with E-state index in [0.29, 0.717) is 6.10 Å². The molecule has 4 rings (SSSR count). The van der Waals surface area contributed by atoms with Gasteiger partial charge in [0.05, 0.1) is 6.10 Å². The van der Waals surface area contributed by atoms with Crippen LogP contribution in [0.3, 0.4) is 0 Å². The Labute approximate surface area is 104 Å². The molecule has 0 spiro atoms. The Morgan fingerprint density at radius 1 is 1.06 bits per heavy atom. The molecule has 2 nitrogen and oxygen atoms in total. The van der Waals surface area contributed by atoms with Crippen molar-refractivity contribution in [2.45, 2.75) is 57.1 Å². The molecule has 2 heteroatoms. The Morgan fingerprint density at radius 3 is 2.82 bits per heavy atom. The van der Waals surface area contributed by atoms with E-state index in [-0.39, 0.29) is 0 Å².